The zero-order chi connectivity index (χ0) is 19.1. The minimum Gasteiger partial charge on any atom is -0.487 e. The Morgan fingerprint density at radius 3 is 2.62 bits per heavy atom. The van der Waals surface area contributed by atoms with Crippen LogP contribution in [-0.2, 0) is 0 Å². The van der Waals surface area contributed by atoms with Gasteiger partial charge in [-0.05, 0) is 62.2 Å². The third kappa shape index (κ3) is 5.33. The Bertz CT molecular complexity index is 815. The number of nitrogens with zero attached hydrogens (tertiary/aromatic N) is 3. The lowest BCUT2D eigenvalue weighted by molar-refractivity contribution is 0.377. The SMILES string of the molecule is CCN(C)/C=N\c1cc(C)c(/C(COc2cccc(Cl)c2)=N/C)cc1C. The van der Waals surface area contributed by atoms with Gasteiger partial charge >= 0.3 is 0 Å². The van der Waals surface area contributed by atoms with Crippen LogP contribution in [0.4, 0.5) is 5.69 Å². The first-order valence-corrected chi connectivity index (χ1v) is 9.02. The van der Waals surface area contributed by atoms with Crippen molar-refractivity contribution in [1.82, 2.24) is 4.90 Å². The molecule has 138 valence electrons. The number of aryl methyl sites for hydroxylation is 2. The molecular weight excluding hydrogens is 346 g/mol. The van der Waals surface area contributed by atoms with E-state index in [1.54, 1.807) is 13.1 Å². The van der Waals surface area contributed by atoms with Crippen LogP contribution < -0.4 is 4.74 Å². The summed E-state index contributed by atoms with van der Waals surface area (Å²) in [5, 5.41) is 0.656. The van der Waals surface area contributed by atoms with Crippen molar-refractivity contribution >= 4 is 29.3 Å². The lowest BCUT2D eigenvalue weighted by atomic mass is 10.00. The molecule has 2 aromatic rings. The Kier molecular flexibility index (Phi) is 7.22. The summed E-state index contributed by atoms with van der Waals surface area (Å²) in [6, 6.07) is 11.6. The van der Waals surface area contributed by atoms with Crippen LogP contribution in [-0.4, -0.2) is 44.2 Å². The van der Waals surface area contributed by atoms with E-state index in [0.29, 0.717) is 11.6 Å². The van der Waals surface area contributed by atoms with Gasteiger partial charge in [0.25, 0.3) is 0 Å². The summed E-state index contributed by atoms with van der Waals surface area (Å²) in [5.74, 6) is 0.733. The Morgan fingerprint density at radius 1 is 1.19 bits per heavy atom. The standard InChI is InChI=1S/C21H26ClN3O/c1-6-25(5)14-24-20-11-15(2)19(10-16(20)3)21(23-4)13-26-18-9-7-8-17(22)12-18/h7-12,14H,6,13H2,1-5H3/b23-21+,24-14-. The van der Waals surface area contributed by atoms with Gasteiger partial charge in [-0.15, -0.1) is 0 Å². The fraction of sp³-hybridized carbons (Fsp3) is 0.333. The summed E-state index contributed by atoms with van der Waals surface area (Å²) in [5.41, 5.74) is 5.17. The van der Waals surface area contributed by atoms with Crippen molar-refractivity contribution in [2.75, 3.05) is 27.2 Å². The van der Waals surface area contributed by atoms with E-state index in [1.165, 1.54) is 0 Å². The van der Waals surface area contributed by atoms with Crippen LogP contribution in [0.5, 0.6) is 5.75 Å². The molecule has 0 aliphatic carbocycles. The molecule has 0 aromatic heterocycles. The number of hydrogen-bond donors (Lipinski definition) is 0. The third-order valence-corrected chi connectivity index (χ3v) is 4.42. The monoisotopic (exact) mass is 371 g/mol. The highest BCUT2D eigenvalue weighted by atomic mass is 35.5. The number of rotatable bonds is 7. The highest BCUT2D eigenvalue weighted by Crippen LogP contribution is 2.24. The van der Waals surface area contributed by atoms with Gasteiger partial charge in [0.05, 0.1) is 17.7 Å². The number of hydrogen-bond acceptors (Lipinski definition) is 3. The summed E-state index contributed by atoms with van der Waals surface area (Å²) in [6.45, 7) is 7.54. The van der Waals surface area contributed by atoms with Crippen molar-refractivity contribution in [2.24, 2.45) is 9.98 Å². The molecule has 0 atom stereocenters. The van der Waals surface area contributed by atoms with Crippen molar-refractivity contribution in [3.63, 3.8) is 0 Å². The largest absolute Gasteiger partial charge is 0.487 e. The molecule has 0 N–H and O–H groups in total. The van der Waals surface area contributed by atoms with Crippen molar-refractivity contribution in [3.8, 4) is 5.75 Å². The molecule has 2 rings (SSSR count). The van der Waals surface area contributed by atoms with Crippen molar-refractivity contribution in [2.45, 2.75) is 20.8 Å². The Morgan fingerprint density at radius 2 is 1.96 bits per heavy atom. The first-order valence-electron chi connectivity index (χ1n) is 8.64. The molecule has 0 aliphatic rings. The summed E-state index contributed by atoms with van der Waals surface area (Å²) >= 11 is 6.01. The molecule has 0 heterocycles. The van der Waals surface area contributed by atoms with E-state index >= 15 is 0 Å². The summed E-state index contributed by atoms with van der Waals surface area (Å²) in [4.78, 5) is 11.1. The van der Waals surface area contributed by atoms with Gasteiger partial charge in [0.15, 0.2) is 0 Å². The topological polar surface area (TPSA) is 37.2 Å². The number of halogens is 1. The average molecular weight is 372 g/mol. The van der Waals surface area contributed by atoms with E-state index in [9.17, 15) is 0 Å². The predicted molar refractivity (Wildman–Crippen MR) is 112 cm³/mol. The van der Waals surface area contributed by atoms with E-state index in [0.717, 1.165) is 40.4 Å². The van der Waals surface area contributed by atoms with Gasteiger partial charge in [-0.25, -0.2) is 4.99 Å². The molecule has 0 fully saturated rings. The zero-order valence-corrected chi connectivity index (χ0v) is 16.8. The molecule has 0 bridgehead atoms. The molecule has 0 aliphatic heterocycles. The lowest BCUT2D eigenvalue weighted by Crippen LogP contribution is -2.15. The highest BCUT2D eigenvalue weighted by Gasteiger charge is 2.11. The molecule has 0 saturated heterocycles. The van der Waals surface area contributed by atoms with Gasteiger partial charge in [-0.3, -0.25) is 4.99 Å². The van der Waals surface area contributed by atoms with E-state index in [2.05, 4.69) is 42.9 Å². The van der Waals surface area contributed by atoms with Gasteiger partial charge in [0, 0.05) is 31.2 Å². The number of benzene rings is 2. The predicted octanol–water partition coefficient (Wildman–Crippen LogP) is 5.07. The normalized spacial score (nSPS) is 11.8. The van der Waals surface area contributed by atoms with Gasteiger partial charge < -0.3 is 9.64 Å². The molecule has 0 amide bonds. The van der Waals surface area contributed by atoms with Crippen LogP contribution in [0.25, 0.3) is 0 Å². The minimum atomic E-state index is 0.387. The smallest absolute Gasteiger partial charge is 0.130 e. The summed E-state index contributed by atoms with van der Waals surface area (Å²) in [6.07, 6.45) is 1.86. The van der Waals surface area contributed by atoms with Crippen molar-refractivity contribution < 1.29 is 4.74 Å². The molecule has 0 unspecified atom stereocenters. The Balaban J connectivity index is 2.20. The van der Waals surface area contributed by atoms with Gasteiger partial charge in [0.2, 0.25) is 0 Å². The van der Waals surface area contributed by atoms with Crippen LogP contribution in [0.2, 0.25) is 5.02 Å². The second kappa shape index (κ2) is 9.39. The molecule has 0 spiro atoms. The highest BCUT2D eigenvalue weighted by molar-refractivity contribution is 6.30. The van der Waals surface area contributed by atoms with E-state index in [1.807, 2.05) is 36.5 Å². The fourth-order valence-corrected chi connectivity index (χ4v) is 2.64. The quantitative estimate of drug-likeness (QED) is 0.503. The Labute approximate surface area is 161 Å². The molecule has 5 heteroatoms. The van der Waals surface area contributed by atoms with Crippen LogP contribution in [0.3, 0.4) is 0 Å². The maximum atomic E-state index is 6.01. The molecule has 2 aromatic carbocycles. The van der Waals surface area contributed by atoms with E-state index in [-0.39, 0.29) is 0 Å². The first-order chi connectivity index (χ1) is 12.4. The van der Waals surface area contributed by atoms with Crippen molar-refractivity contribution in [3.05, 3.63) is 58.1 Å². The zero-order valence-electron chi connectivity index (χ0n) is 16.1. The first kappa shape index (κ1) is 20.0. The summed E-state index contributed by atoms with van der Waals surface area (Å²) < 4.78 is 5.86. The average Bonchev–Trinajstić information content (AvgIpc) is 2.63. The second-order valence-corrected chi connectivity index (χ2v) is 6.62. The van der Waals surface area contributed by atoms with Gasteiger partial charge in [-0.1, -0.05) is 17.7 Å². The van der Waals surface area contributed by atoms with E-state index < -0.39 is 0 Å². The number of ether oxygens (including phenoxy) is 1. The molecule has 0 saturated carbocycles. The van der Waals surface area contributed by atoms with Crippen molar-refractivity contribution in [1.29, 1.82) is 0 Å². The minimum absolute atomic E-state index is 0.387. The van der Waals surface area contributed by atoms with Crippen LogP contribution in [0.1, 0.15) is 23.6 Å². The molecule has 4 nitrogen and oxygen atoms in total. The second-order valence-electron chi connectivity index (χ2n) is 6.19. The van der Waals surface area contributed by atoms with Crippen LogP contribution in [0.15, 0.2) is 46.4 Å². The summed E-state index contributed by atoms with van der Waals surface area (Å²) in [7, 11) is 3.79. The Hall–Kier alpha value is -2.33. The maximum Gasteiger partial charge on any atom is 0.130 e. The van der Waals surface area contributed by atoms with Crippen LogP contribution in [0, 0.1) is 13.8 Å². The fourth-order valence-electron chi connectivity index (χ4n) is 2.46. The lowest BCUT2D eigenvalue weighted by Gasteiger charge is -2.14. The maximum absolute atomic E-state index is 6.01. The van der Waals surface area contributed by atoms with Gasteiger partial charge in [-0.2, -0.15) is 0 Å². The third-order valence-electron chi connectivity index (χ3n) is 4.19. The van der Waals surface area contributed by atoms with E-state index in [4.69, 9.17) is 16.3 Å². The molecular formula is C21H26ClN3O. The molecule has 26 heavy (non-hydrogen) atoms. The molecule has 0 radical (unpaired) electrons. The van der Waals surface area contributed by atoms with Crippen LogP contribution >= 0.6 is 11.6 Å². The number of aliphatic imine (C=N–C) groups is 2. The van der Waals surface area contributed by atoms with Gasteiger partial charge in [0.1, 0.15) is 12.4 Å².